The molecule has 0 bridgehead atoms. The number of allylic oxidation sites excluding steroid dienone is 3. The van der Waals surface area contributed by atoms with E-state index in [-0.39, 0.29) is 5.97 Å². The molecule has 0 heterocycles. The zero-order valence-corrected chi connectivity index (χ0v) is 9.49. The molecular weight excluding hydrogens is 200 g/mol. The average molecular weight is 214 g/mol. The number of carbonyl (C=O) groups is 1. The second-order valence-corrected chi connectivity index (χ2v) is 3.86. The van der Waals surface area contributed by atoms with Crippen molar-refractivity contribution in [2.75, 3.05) is 7.11 Å². The molecule has 0 radical (unpaired) electrons. The highest BCUT2D eigenvalue weighted by molar-refractivity contribution is 5.94. The number of fused-ring (bicyclic) bond motifs is 1. The lowest BCUT2D eigenvalue weighted by atomic mass is 9.99. The maximum Gasteiger partial charge on any atom is 0.338 e. The van der Waals surface area contributed by atoms with E-state index in [0.29, 0.717) is 5.56 Å². The van der Waals surface area contributed by atoms with Crippen LogP contribution in [0.25, 0.3) is 6.08 Å². The summed E-state index contributed by atoms with van der Waals surface area (Å²) in [5.74, 6) is -0.275. The van der Waals surface area contributed by atoms with Crippen LogP contribution in [-0.4, -0.2) is 13.1 Å². The summed E-state index contributed by atoms with van der Waals surface area (Å²) in [5, 5.41) is 0. The molecule has 0 unspecified atom stereocenters. The Hall–Kier alpha value is -1.83. The number of rotatable bonds is 1. The van der Waals surface area contributed by atoms with Crippen molar-refractivity contribution in [2.24, 2.45) is 0 Å². The van der Waals surface area contributed by atoms with Crippen molar-refractivity contribution in [3.05, 3.63) is 52.6 Å². The van der Waals surface area contributed by atoms with Crippen LogP contribution in [-0.2, 0) is 11.2 Å². The third-order valence-corrected chi connectivity index (χ3v) is 2.69. The second-order valence-electron chi connectivity index (χ2n) is 3.86. The van der Waals surface area contributed by atoms with Gasteiger partial charge in [-0.1, -0.05) is 35.9 Å². The number of hydrogen-bond donors (Lipinski definition) is 0. The van der Waals surface area contributed by atoms with E-state index >= 15 is 0 Å². The van der Waals surface area contributed by atoms with Crippen LogP contribution in [0.1, 0.15) is 28.4 Å². The van der Waals surface area contributed by atoms with Crippen LogP contribution in [0.4, 0.5) is 0 Å². The van der Waals surface area contributed by atoms with Crippen molar-refractivity contribution < 1.29 is 9.53 Å². The smallest absolute Gasteiger partial charge is 0.338 e. The standard InChI is InChI=1S/C14H14O2/c1-10-5-3-6-11-7-4-8-12(13(11)9-10)14(15)16-2/h3-5,7-9H,6H2,1-2H3. The molecule has 0 aliphatic heterocycles. The van der Waals surface area contributed by atoms with E-state index in [1.807, 2.05) is 25.1 Å². The maximum absolute atomic E-state index is 11.6. The number of hydrogen-bond acceptors (Lipinski definition) is 2. The normalized spacial score (nSPS) is 13.8. The van der Waals surface area contributed by atoms with Gasteiger partial charge in [-0.05, 0) is 30.5 Å². The molecule has 2 nitrogen and oxygen atoms in total. The molecule has 2 heteroatoms. The van der Waals surface area contributed by atoms with Gasteiger partial charge in [0.25, 0.3) is 0 Å². The number of esters is 1. The predicted octanol–water partition coefficient (Wildman–Crippen LogP) is 2.99. The van der Waals surface area contributed by atoms with Crippen LogP contribution in [0.3, 0.4) is 0 Å². The van der Waals surface area contributed by atoms with Crippen molar-refractivity contribution in [2.45, 2.75) is 13.3 Å². The van der Waals surface area contributed by atoms with Crippen LogP contribution in [0, 0.1) is 0 Å². The molecule has 1 aromatic rings. The van der Waals surface area contributed by atoms with Gasteiger partial charge in [-0.25, -0.2) is 4.79 Å². The third kappa shape index (κ3) is 1.91. The Labute approximate surface area is 95.2 Å². The summed E-state index contributed by atoms with van der Waals surface area (Å²) in [7, 11) is 1.41. The van der Waals surface area contributed by atoms with Crippen molar-refractivity contribution in [1.29, 1.82) is 0 Å². The molecule has 0 fully saturated rings. The number of benzene rings is 1. The van der Waals surface area contributed by atoms with Gasteiger partial charge in [0, 0.05) is 0 Å². The summed E-state index contributed by atoms with van der Waals surface area (Å²) < 4.78 is 4.79. The Bertz CT molecular complexity index is 482. The first-order chi connectivity index (χ1) is 7.72. The molecule has 1 aliphatic rings. The Morgan fingerprint density at radius 3 is 2.94 bits per heavy atom. The van der Waals surface area contributed by atoms with Crippen molar-refractivity contribution >= 4 is 12.0 Å². The number of methoxy groups -OCH3 is 1. The SMILES string of the molecule is COC(=O)c1cccc2c1C=C(C)C=CC2. The van der Waals surface area contributed by atoms with E-state index < -0.39 is 0 Å². The molecule has 82 valence electrons. The Balaban J connectivity index is 2.59. The highest BCUT2D eigenvalue weighted by atomic mass is 16.5. The molecule has 1 aliphatic carbocycles. The van der Waals surface area contributed by atoms with Crippen molar-refractivity contribution in [3.63, 3.8) is 0 Å². The minimum atomic E-state index is -0.275. The molecule has 0 saturated heterocycles. The largest absolute Gasteiger partial charge is 0.465 e. The van der Waals surface area contributed by atoms with Crippen LogP contribution in [0.2, 0.25) is 0 Å². The van der Waals surface area contributed by atoms with Crippen LogP contribution in [0.5, 0.6) is 0 Å². The highest BCUT2D eigenvalue weighted by Gasteiger charge is 2.13. The van der Waals surface area contributed by atoms with Gasteiger partial charge >= 0.3 is 5.97 Å². The molecule has 0 atom stereocenters. The summed E-state index contributed by atoms with van der Waals surface area (Å²) in [4.78, 5) is 11.6. The van der Waals surface area contributed by atoms with E-state index in [1.165, 1.54) is 7.11 Å². The van der Waals surface area contributed by atoms with Gasteiger partial charge in [-0.3, -0.25) is 0 Å². The van der Waals surface area contributed by atoms with Gasteiger partial charge in [0.2, 0.25) is 0 Å². The molecule has 16 heavy (non-hydrogen) atoms. The Kier molecular flexibility index (Phi) is 2.91. The molecule has 2 rings (SSSR count). The van der Waals surface area contributed by atoms with E-state index in [2.05, 4.69) is 12.2 Å². The third-order valence-electron chi connectivity index (χ3n) is 2.69. The minimum absolute atomic E-state index is 0.275. The first kappa shape index (κ1) is 10.7. The first-order valence-corrected chi connectivity index (χ1v) is 5.27. The lowest BCUT2D eigenvalue weighted by Gasteiger charge is -2.08. The Morgan fingerprint density at radius 2 is 2.19 bits per heavy atom. The quantitative estimate of drug-likeness (QED) is 0.672. The van der Waals surface area contributed by atoms with E-state index in [0.717, 1.165) is 23.1 Å². The van der Waals surface area contributed by atoms with Crippen LogP contribution < -0.4 is 0 Å². The topological polar surface area (TPSA) is 26.3 Å². The molecule has 0 amide bonds. The first-order valence-electron chi connectivity index (χ1n) is 5.27. The predicted molar refractivity (Wildman–Crippen MR) is 64.3 cm³/mol. The molecule has 1 aromatic carbocycles. The summed E-state index contributed by atoms with van der Waals surface area (Å²) in [6.07, 6.45) is 7.07. The molecular formula is C14H14O2. The van der Waals surface area contributed by atoms with Gasteiger partial charge in [0.05, 0.1) is 12.7 Å². The van der Waals surface area contributed by atoms with Gasteiger partial charge < -0.3 is 4.74 Å². The zero-order chi connectivity index (χ0) is 11.5. The fraction of sp³-hybridized carbons (Fsp3) is 0.214. The highest BCUT2D eigenvalue weighted by Crippen LogP contribution is 2.23. The van der Waals surface area contributed by atoms with Crippen molar-refractivity contribution in [3.8, 4) is 0 Å². The summed E-state index contributed by atoms with van der Waals surface area (Å²) in [6.45, 7) is 2.03. The lowest BCUT2D eigenvalue weighted by Crippen LogP contribution is -2.05. The Morgan fingerprint density at radius 1 is 1.38 bits per heavy atom. The number of ether oxygens (including phenoxy) is 1. The monoisotopic (exact) mass is 214 g/mol. The maximum atomic E-state index is 11.6. The lowest BCUT2D eigenvalue weighted by molar-refractivity contribution is 0.0600. The second kappa shape index (κ2) is 4.35. The summed E-state index contributed by atoms with van der Waals surface area (Å²) >= 11 is 0. The minimum Gasteiger partial charge on any atom is -0.465 e. The summed E-state index contributed by atoms with van der Waals surface area (Å²) in [5.41, 5.74) is 3.94. The van der Waals surface area contributed by atoms with E-state index in [1.54, 1.807) is 6.07 Å². The van der Waals surface area contributed by atoms with Gasteiger partial charge in [0.1, 0.15) is 0 Å². The van der Waals surface area contributed by atoms with Crippen LogP contribution in [0.15, 0.2) is 35.9 Å². The van der Waals surface area contributed by atoms with Crippen molar-refractivity contribution in [1.82, 2.24) is 0 Å². The average Bonchev–Trinajstić information content (AvgIpc) is 2.48. The van der Waals surface area contributed by atoms with E-state index in [4.69, 9.17) is 4.74 Å². The number of carbonyl (C=O) groups excluding carboxylic acids is 1. The molecule has 0 N–H and O–H groups in total. The van der Waals surface area contributed by atoms with E-state index in [9.17, 15) is 4.79 Å². The fourth-order valence-corrected chi connectivity index (χ4v) is 1.90. The molecule has 0 spiro atoms. The van der Waals surface area contributed by atoms with Gasteiger partial charge in [-0.2, -0.15) is 0 Å². The van der Waals surface area contributed by atoms with Crippen LogP contribution >= 0.6 is 0 Å². The molecule has 0 saturated carbocycles. The zero-order valence-electron chi connectivity index (χ0n) is 9.49. The van der Waals surface area contributed by atoms with Gasteiger partial charge in [0.15, 0.2) is 0 Å². The molecule has 0 aromatic heterocycles. The fourth-order valence-electron chi connectivity index (χ4n) is 1.90. The summed E-state index contributed by atoms with van der Waals surface area (Å²) in [6, 6.07) is 5.74. The van der Waals surface area contributed by atoms with Gasteiger partial charge in [-0.15, -0.1) is 0 Å².